The van der Waals surface area contributed by atoms with Crippen LogP contribution in [0, 0.1) is 5.92 Å². The first-order chi connectivity index (χ1) is 11.6. The maximum atomic E-state index is 12.5. The molecule has 2 amide bonds. The van der Waals surface area contributed by atoms with Crippen LogP contribution in [0.15, 0.2) is 33.6 Å². The molecule has 0 saturated carbocycles. The van der Waals surface area contributed by atoms with Gasteiger partial charge in [0.1, 0.15) is 0 Å². The molecule has 0 bridgehead atoms. The summed E-state index contributed by atoms with van der Waals surface area (Å²) in [7, 11) is 0. The molecule has 7 nitrogen and oxygen atoms in total. The molecular weight excluding hydrogens is 310 g/mol. The molecule has 7 heteroatoms. The Hall–Kier alpha value is -2.57. The molecule has 0 radical (unpaired) electrons. The minimum absolute atomic E-state index is 0.00197. The fraction of sp³-hybridized carbons (Fsp3) is 0.471. The topological polar surface area (TPSA) is 88.6 Å². The van der Waals surface area contributed by atoms with Crippen LogP contribution in [0.1, 0.15) is 37.2 Å². The average Bonchev–Trinajstić information content (AvgIpc) is 3.25. The van der Waals surface area contributed by atoms with E-state index in [0.717, 1.165) is 12.8 Å². The molecule has 0 atom stereocenters. The van der Waals surface area contributed by atoms with Crippen LogP contribution >= 0.6 is 0 Å². The van der Waals surface area contributed by atoms with E-state index in [2.05, 4.69) is 10.3 Å². The van der Waals surface area contributed by atoms with Crippen molar-refractivity contribution in [1.29, 1.82) is 0 Å². The van der Waals surface area contributed by atoms with Crippen LogP contribution in [0.5, 0.6) is 0 Å². The normalized spacial score (nSPS) is 15.7. The number of aromatic nitrogens is 1. The second kappa shape index (κ2) is 6.90. The van der Waals surface area contributed by atoms with Crippen LogP contribution in [-0.2, 0) is 4.79 Å². The highest BCUT2D eigenvalue weighted by Gasteiger charge is 2.27. The Labute approximate surface area is 140 Å². The van der Waals surface area contributed by atoms with Crippen molar-refractivity contribution in [1.82, 2.24) is 15.2 Å². The average molecular weight is 331 g/mol. The zero-order chi connectivity index (χ0) is 17.1. The lowest BCUT2D eigenvalue weighted by molar-refractivity contribution is -0.135. The number of furan rings is 1. The van der Waals surface area contributed by atoms with Gasteiger partial charge in [-0.05, 0) is 25.0 Å². The second-order valence-electron chi connectivity index (χ2n) is 6.24. The Bertz CT molecular complexity index is 697. The first-order valence-corrected chi connectivity index (χ1v) is 8.13. The van der Waals surface area contributed by atoms with E-state index in [9.17, 15) is 9.59 Å². The summed E-state index contributed by atoms with van der Waals surface area (Å²) < 4.78 is 10.5. The molecule has 0 aliphatic carbocycles. The Morgan fingerprint density at radius 2 is 2.04 bits per heavy atom. The molecule has 128 valence electrons. The van der Waals surface area contributed by atoms with Crippen LogP contribution in [-0.4, -0.2) is 40.8 Å². The van der Waals surface area contributed by atoms with Crippen LogP contribution in [0.2, 0.25) is 0 Å². The van der Waals surface area contributed by atoms with Gasteiger partial charge in [-0.1, -0.05) is 13.8 Å². The highest BCUT2D eigenvalue weighted by molar-refractivity contribution is 5.97. The van der Waals surface area contributed by atoms with Crippen molar-refractivity contribution in [3.05, 3.63) is 30.5 Å². The summed E-state index contributed by atoms with van der Waals surface area (Å²) in [6.45, 7) is 5.12. The standard InChI is InChI=1S/C17H21N3O4/c1-11(2)17(22)20-7-5-12(6-8-20)19-16(21)14-15(24-10-18-14)13-4-3-9-23-13/h3-4,9-12H,5-8H2,1-2H3,(H,19,21). The highest BCUT2D eigenvalue weighted by Crippen LogP contribution is 2.23. The van der Waals surface area contributed by atoms with E-state index in [1.165, 1.54) is 12.7 Å². The molecule has 0 aromatic carbocycles. The molecule has 1 saturated heterocycles. The first kappa shape index (κ1) is 16.3. The number of rotatable bonds is 4. The number of carbonyl (C=O) groups excluding carboxylic acids is 2. The van der Waals surface area contributed by atoms with Gasteiger partial charge in [0.2, 0.25) is 11.7 Å². The quantitative estimate of drug-likeness (QED) is 0.929. The Morgan fingerprint density at radius 3 is 2.67 bits per heavy atom. The van der Waals surface area contributed by atoms with Crippen LogP contribution in [0.25, 0.3) is 11.5 Å². The van der Waals surface area contributed by atoms with Crippen molar-refractivity contribution in [2.24, 2.45) is 5.92 Å². The molecular formula is C17H21N3O4. The van der Waals surface area contributed by atoms with Crippen molar-refractivity contribution in [2.45, 2.75) is 32.7 Å². The number of amides is 2. The lowest BCUT2D eigenvalue weighted by atomic mass is 10.0. The molecule has 24 heavy (non-hydrogen) atoms. The number of hydrogen-bond donors (Lipinski definition) is 1. The molecule has 1 aliphatic rings. The second-order valence-corrected chi connectivity index (χ2v) is 6.24. The van der Waals surface area contributed by atoms with E-state index in [1.807, 2.05) is 18.7 Å². The van der Waals surface area contributed by atoms with E-state index in [0.29, 0.717) is 24.6 Å². The summed E-state index contributed by atoms with van der Waals surface area (Å²) >= 11 is 0. The van der Waals surface area contributed by atoms with E-state index >= 15 is 0 Å². The Kier molecular flexibility index (Phi) is 4.69. The van der Waals surface area contributed by atoms with Gasteiger partial charge in [0.15, 0.2) is 17.8 Å². The largest absolute Gasteiger partial charge is 0.461 e. The minimum Gasteiger partial charge on any atom is -0.461 e. The van der Waals surface area contributed by atoms with Crippen molar-refractivity contribution < 1.29 is 18.4 Å². The third-order valence-electron chi connectivity index (χ3n) is 4.16. The van der Waals surface area contributed by atoms with E-state index < -0.39 is 0 Å². The highest BCUT2D eigenvalue weighted by atomic mass is 16.4. The molecule has 2 aromatic rings. The molecule has 0 unspecified atom stereocenters. The smallest absolute Gasteiger partial charge is 0.274 e. The summed E-state index contributed by atoms with van der Waals surface area (Å²) in [6.07, 6.45) is 4.22. The van der Waals surface area contributed by atoms with Gasteiger partial charge < -0.3 is 19.1 Å². The van der Waals surface area contributed by atoms with Crippen molar-refractivity contribution in [3.8, 4) is 11.5 Å². The number of nitrogens with zero attached hydrogens (tertiary/aromatic N) is 2. The van der Waals surface area contributed by atoms with E-state index in [4.69, 9.17) is 8.83 Å². The lowest BCUT2D eigenvalue weighted by Gasteiger charge is -2.33. The number of oxazole rings is 1. The van der Waals surface area contributed by atoms with Gasteiger partial charge >= 0.3 is 0 Å². The number of likely N-dealkylation sites (tertiary alicyclic amines) is 1. The van der Waals surface area contributed by atoms with Crippen LogP contribution in [0.3, 0.4) is 0 Å². The number of carbonyl (C=O) groups is 2. The fourth-order valence-electron chi connectivity index (χ4n) is 2.85. The van der Waals surface area contributed by atoms with Gasteiger partial charge in [0, 0.05) is 25.0 Å². The monoisotopic (exact) mass is 331 g/mol. The summed E-state index contributed by atoms with van der Waals surface area (Å²) in [5.74, 6) is 0.669. The molecule has 1 fully saturated rings. The maximum Gasteiger partial charge on any atom is 0.274 e. The molecule has 1 N–H and O–H groups in total. The van der Waals surface area contributed by atoms with Gasteiger partial charge in [-0.25, -0.2) is 4.98 Å². The number of nitrogens with one attached hydrogen (secondary N) is 1. The van der Waals surface area contributed by atoms with Crippen molar-refractivity contribution in [3.63, 3.8) is 0 Å². The predicted octanol–water partition coefficient (Wildman–Crippen LogP) is 2.31. The molecule has 3 rings (SSSR count). The summed E-state index contributed by atoms with van der Waals surface area (Å²) in [6, 6.07) is 3.46. The van der Waals surface area contributed by atoms with Gasteiger partial charge in [-0.2, -0.15) is 0 Å². The first-order valence-electron chi connectivity index (χ1n) is 8.13. The van der Waals surface area contributed by atoms with Crippen molar-refractivity contribution >= 4 is 11.8 Å². The van der Waals surface area contributed by atoms with E-state index in [-0.39, 0.29) is 29.5 Å². The third kappa shape index (κ3) is 3.34. The summed E-state index contributed by atoms with van der Waals surface area (Å²) in [5.41, 5.74) is 0.214. The fourth-order valence-corrected chi connectivity index (χ4v) is 2.85. The zero-order valence-electron chi connectivity index (χ0n) is 13.8. The Morgan fingerprint density at radius 1 is 1.29 bits per heavy atom. The van der Waals surface area contributed by atoms with Gasteiger partial charge in [-0.15, -0.1) is 0 Å². The maximum absolute atomic E-state index is 12.5. The predicted molar refractivity (Wildman–Crippen MR) is 86.1 cm³/mol. The number of hydrogen-bond acceptors (Lipinski definition) is 5. The number of piperidine rings is 1. The van der Waals surface area contributed by atoms with Crippen molar-refractivity contribution in [2.75, 3.05) is 13.1 Å². The SMILES string of the molecule is CC(C)C(=O)N1CCC(NC(=O)c2ncoc2-c2ccco2)CC1. The zero-order valence-corrected chi connectivity index (χ0v) is 13.8. The molecule has 1 aliphatic heterocycles. The summed E-state index contributed by atoms with van der Waals surface area (Å²) in [5, 5.41) is 2.97. The van der Waals surface area contributed by atoms with E-state index in [1.54, 1.807) is 12.1 Å². The summed E-state index contributed by atoms with van der Waals surface area (Å²) in [4.78, 5) is 30.3. The van der Waals surface area contributed by atoms with Gasteiger partial charge in [0.05, 0.1) is 6.26 Å². The van der Waals surface area contributed by atoms with Gasteiger partial charge in [-0.3, -0.25) is 9.59 Å². The third-order valence-corrected chi connectivity index (χ3v) is 4.16. The Balaban J connectivity index is 1.59. The molecule has 2 aromatic heterocycles. The lowest BCUT2D eigenvalue weighted by Crippen LogP contribution is -2.47. The minimum atomic E-state index is -0.288. The van der Waals surface area contributed by atoms with Gasteiger partial charge in [0.25, 0.3) is 5.91 Å². The molecule has 3 heterocycles. The van der Waals surface area contributed by atoms with Crippen LogP contribution in [0.4, 0.5) is 0 Å². The molecule has 0 spiro atoms. The van der Waals surface area contributed by atoms with Crippen LogP contribution < -0.4 is 5.32 Å².